The molecular weight excluding hydrogens is 328 g/mol. The van der Waals surface area contributed by atoms with Crippen molar-refractivity contribution in [3.8, 4) is 17.2 Å². The van der Waals surface area contributed by atoms with E-state index in [2.05, 4.69) is 0 Å². The zero-order chi connectivity index (χ0) is 17.6. The van der Waals surface area contributed by atoms with E-state index in [-0.39, 0.29) is 0 Å². The minimum atomic E-state index is -0.406. The highest BCUT2D eigenvalue weighted by Gasteiger charge is 2.21. The molecule has 0 saturated heterocycles. The van der Waals surface area contributed by atoms with Gasteiger partial charge in [-0.1, -0.05) is 48.5 Å². The predicted molar refractivity (Wildman–Crippen MR) is 97.9 cm³/mol. The zero-order valence-corrected chi connectivity index (χ0v) is 14.1. The van der Waals surface area contributed by atoms with Crippen molar-refractivity contribution in [3.05, 3.63) is 103 Å². The van der Waals surface area contributed by atoms with Gasteiger partial charge in [-0.15, -0.1) is 0 Å². The van der Waals surface area contributed by atoms with E-state index in [4.69, 9.17) is 18.9 Å². The first kappa shape index (κ1) is 16.1. The molecule has 1 heterocycles. The van der Waals surface area contributed by atoms with Gasteiger partial charge in [-0.3, -0.25) is 0 Å². The SMILES string of the molecule is C1=C(COc2ccc(Oc3ccccc3)cc2)OC(c2ccccc2)O1. The Labute approximate surface area is 152 Å². The van der Waals surface area contributed by atoms with Gasteiger partial charge >= 0.3 is 0 Å². The van der Waals surface area contributed by atoms with Crippen LogP contribution in [0.4, 0.5) is 0 Å². The highest BCUT2D eigenvalue weighted by molar-refractivity contribution is 5.35. The van der Waals surface area contributed by atoms with Gasteiger partial charge in [0.05, 0.1) is 0 Å². The molecule has 0 spiro atoms. The predicted octanol–water partition coefficient (Wildman–Crippen LogP) is 5.44. The second-order valence-corrected chi connectivity index (χ2v) is 5.76. The van der Waals surface area contributed by atoms with Gasteiger partial charge < -0.3 is 18.9 Å². The summed E-state index contributed by atoms with van der Waals surface area (Å²) < 4.78 is 22.8. The molecule has 1 unspecified atom stereocenters. The van der Waals surface area contributed by atoms with Crippen LogP contribution in [0.15, 0.2) is 97.0 Å². The smallest absolute Gasteiger partial charge is 0.266 e. The summed E-state index contributed by atoms with van der Waals surface area (Å²) in [6.45, 7) is 0.308. The van der Waals surface area contributed by atoms with E-state index in [1.54, 1.807) is 6.26 Å². The molecule has 0 radical (unpaired) electrons. The van der Waals surface area contributed by atoms with Crippen LogP contribution < -0.4 is 9.47 Å². The third-order valence-corrected chi connectivity index (χ3v) is 3.84. The molecule has 130 valence electrons. The molecule has 3 aromatic rings. The fraction of sp³-hybridized carbons (Fsp3) is 0.0909. The summed E-state index contributed by atoms with van der Waals surface area (Å²) in [5, 5.41) is 0. The molecule has 4 nitrogen and oxygen atoms in total. The average Bonchev–Trinajstić information content (AvgIpc) is 3.18. The summed E-state index contributed by atoms with van der Waals surface area (Å²) in [6.07, 6.45) is 1.20. The molecule has 26 heavy (non-hydrogen) atoms. The van der Waals surface area contributed by atoms with Gasteiger partial charge in [-0.2, -0.15) is 0 Å². The number of rotatable bonds is 6. The van der Waals surface area contributed by atoms with E-state index in [0.29, 0.717) is 12.4 Å². The van der Waals surface area contributed by atoms with Crippen molar-refractivity contribution in [2.75, 3.05) is 6.61 Å². The summed E-state index contributed by atoms with van der Waals surface area (Å²) in [5.74, 6) is 2.95. The van der Waals surface area contributed by atoms with Gasteiger partial charge in [-0.25, -0.2) is 0 Å². The average molecular weight is 346 g/mol. The third kappa shape index (κ3) is 3.98. The van der Waals surface area contributed by atoms with E-state index >= 15 is 0 Å². The maximum absolute atomic E-state index is 5.76. The Morgan fingerprint density at radius 3 is 2.04 bits per heavy atom. The largest absolute Gasteiger partial charge is 0.486 e. The van der Waals surface area contributed by atoms with Crippen molar-refractivity contribution in [2.24, 2.45) is 0 Å². The van der Waals surface area contributed by atoms with Crippen LogP contribution in [0.3, 0.4) is 0 Å². The summed E-state index contributed by atoms with van der Waals surface area (Å²) >= 11 is 0. The summed E-state index contributed by atoms with van der Waals surface area (Å²) in [5.41, 5.74) is 0.973. The fourth-order valence-corrected chi connectivity index (χ4v) is 2.54. The molecule has 1 aliphatic rings. The lowest BCUT2D eigenvalue weighted by Gasteiger charge is -2.12. The van der Waals surface area contributed by atoms with Crippen LogP contribution in [0.1, 0.15) is 11.9 Å². The Hall–Kier alpha value is -3.40. The first-order chi connectivity index (χ1) is 12.9. The van der Waals surface area contributed by atoms with Crippen molar-refractivity contribution in [3.63, 3.8) is 0 Å². The molecule has 0 amide bonds. The second-order valence-electron chi connectivity index (χ2n) is 5.76. The molecule has 0 saturated carbocycles. The lowest BCUT2D eigenvalue weighted by Crippen LogP contribution is -2.04. The molecule has 0 bridgehead atoms. The summed E-state index contributed by atoms with van der Waals surface area (Å²) in [4.78, 5) is 0. The van der Waals surface area contributed by atoms with Crippen molar-refractivity contribution in [2.45, 2.75) is 6.29 Å². The monoisotopic (exact) mass is 346 g/mol. The van der Waals surface area contributed by atoms with Crippen molar-refractivity contribution < 1.29 is 18.9 Å². The molecule has 1 aliphatic heterocycles. The van der Waals surface area contributed by atoms with Crippen molar-refractivity contribution in [1.82, 2.24) is 0 Å². The van der Waals surface area contributed by atoms with Gasteiger partial charge in [-0.05, 0) is 36.4 Å². The Bertz CT molecular complexity index is 858. The Balaban J connectivity index is 1.29. The van der Waals surface area contributed by atoms with Gasteiger partial charge in [0.2, 0.25) is 0 Å². The van der Waals surface area contributed by atoms with Crippen LogP contribution in [-0.4, -0.2) is 6.61 Å². The maximum Gasteiger partial charge on any atom is 0.266 e. The molecule has 0 fully saturated rings. The maximum atomic E-state index is 5.76. The van der Waals surface area contributed by atoms with Gasteiger partial charge in [0, 0.05) is 5.56 Å². The highest BCUT2D eigenvalue weighted by atomic mass is 16.7. The lowest BCUT2D eigenvalue weighted by atomic mass is 10.2. The molecular formula is C22H18O4. The molecule has 4 rings (SSSR count). The van der Waals surface area contributed by atoms with Crippen LogP contribution in [0.5, 0.6) is 17.2 Å². The first-order valence-corrected chi connectivity index (χ1v) is 8.39. The normalized spacial score (nSPS) is 15.5. The van der Waals surface area contributed by atoms with Crippen LogP contribution in [-0.2, 0) is 9.47 Å². The van der Waals surface area contributed by atoms with Crippen LogP contribution in [0.2, 0.25) is 0 Å². The van der Waals surface area contributed by atoms with Crippen molar-refractivity contribution >= 4 is 0 Å². The minimum Gasteiger partial charge on any atom is -0.486 e. The lowest BCUT2D eigenvalue weighted by molar-refractivity contribution is -0.0383. The molecule has 0 aromatic heterocycles. The molecule has 0 aliphatic carbocycles. The third-order valence-electron chi connectivity index (χ3n) is 3.84. The zero-order valence-electron chi connectivity index (χ0n) is 14.1. The van der Waals surface area contributed by atoms with Gasteiger partial charge in [0.25, 0.3) is 6.29 Å². The molecule has 4 heteroatoms. The number of hydrogen-bond donors (Lipinski definition) is 0. The van der Waals surface area contributed by atoms with Crippen LogP contribution in [0, 0.1) is 0 Å². The Kier molecular flexibility index (Phi) is 4.74. The fourth-order valence-electron chi connectivity index (χ4n) is 2.54. The van der Waals surface area contributed by atoms with E-state index in [1.807, 2.05) is 84.9 Å². The first-order valence-electron chi connectivity index (χ1n) is 8.39. The van der Waals surface area contributed by atoms with Crippen molar-refractivity contribution in [1.29, 1.82) is 0 Å². The standard InChI is InChI=1S/C22H18O4/c1-3-7-17(8-4-1)22-24-16-21(26-22)15-23-18-11-13-20(14-12-18)25-19-9-5-2-6-10-19/h1-14,16,22H,15H2. The van der Waals surface area contributed by atoms with Gasteiger partial charge in [0.15, 0.2) is 5.76 Å². The van der Waals surface area contributed by atoms with E-state index in [9.17, 15) is 0 Å². The number of benzene rings is 3. The van der Waals surface area contributed by atoms with Crippen LogP contribution >= 0.6 is 0 Å². The van der Waals surface area contributed by atoms with Crippen LogP contribution in [0.25, 0.3) is 0 Å². The van der Waals surface area contributed by atoms with E-state index in [0.717, 1.165) is 22.8 Å². The highest BCUT2D eigenvalue weighted by Crippen LogP contribution is 2.29. The van der Waals surface area contributed by atoms with E-state index < -0.39 is 6.29 Å². The molecule has 1 atom stereocenters. The molecule has 0 N–H and O–H groups in total. The molecule has 3 aromatic carbocycles. The number of para-hydroxylation sites is 1. The Morgan fingerprint density at radius 2 is 1.31 bits per heavy atom. The quantitative estimate of drug-likeness (QED) is 0.595. The summed E-state index contributed by atoms with van der Waals surface area (Å²) in [6, 6.07) is 26.9. The number of ether oxygens (including phenoxy) is 4. The second kappa shape index (κ2) is 7.66. The van der Waals surface area contributed by atoms with Gasteiger partial charge in [0.1, 0.15) is 30.1 Å². The van der Waals surface area contributed by atoms with E-state index in [1.165, 1.54) is 0 Å². The summed E-state index contributed by atoms with van der Waals surface area (Å²) in [7, 11) is 0. The Morgan fingerprint density at radius 1 is 0.692 bits per heavy atom. The number of hydrogen-bond acceptors (Lipinski definition) is 4. The minimum absolute atomic E-state index is 0.308. The topological polar surface area (TPSA) is 36.9 Å².